The molecule has 0 aliphatic carbocycles. The number of thioether (sulfide) groups is 1. The third-order valence-electron chi connectivity index (χ3n) is 2.44. The second-order valence-electron chi connectivity index (χ2n) is 4.10. The molecule has 1 aromatic heterocycles. The van der Waals surface area contributed by atoms with Gasteiger partial charge < -0.3 is 0 Å². The predicted octanol–water partition coefficient (Wildman–Crippen LogP) is 2.18. The number of rotatable bonds is 7. The molecule has 0 spiro atoms. The van der Waals surface area contributed by atoms with Crippen LogP contribution in [0.1, 0.15) is 5.56 Å². The Morgan fingerprint density at radius 3 is 2.95 bits per heavy atom. The Balaban J connectivity index is 1.86. The minimum absolute atomic E-state index is 0.102. The summed E-state index contributed by atoms with van der Waals surface area (Å²) in [6.45, 7) is 4.24. The van der Waals surface area contributed by atoms with E-state index >= 15 is 0 Å². The molecule has 104 valence electrons. The lowest BCUT2D eigenvalue weighted by molar-refractivity contribution is -0.113. The van der Waals surface area contributed by atoms with Gasteiger partial charge in [0.05, 0.1) is 12.3 Å². The standard InChI is InChI=1S/C14H16N4OS/c1-2-8-20-10-13(19)16-14-15-11-18(17-14)9-12-6-4-3-5-7-12/h2-7,11H,1,8-10H2,(H,16,17,19). The van der Waals surface area contributed by atoms with E-state index in [1.165, 1.54) is 11.8 Å². The predicted molar refractivity (Wildman–Crippen MR) is 81.7 cm³/mol. The van der Waals surface area contributed by atoms with Gasteiger partial charge in [0, 0.05) is 5.75 Å². The summed E-state index contributed by atoms with van der Waals surface area (Å²) in [5, 5.41) is 6.89. The van der Waals surface area contributed by atoms with Crippen molar-refractivity contribution in [3.05, 3.63) is 54.9 Å². The largest absolute Gasteiger partial charge is 0.293 e. The van der Waals surface area contributed by atoms with Crippen molar-refractivity contribution in [1.29, 1.82) is 0 Å². The topological polar surface area (TPSA) is 59.8 Å². The van der Waals surface area contributed by atoms with E-state index in [2.05, 4.69) is 22.0 Å². The number of nitrogens with one attached hydrogen (secondary N) is 1. The summed E-state index contributed by atoms with van der Waals surface area (Å²) in [6, 6.07) is 9.96. The maximum absolute atomic E-state index is 11.6. The summed E-state index contributed by atoms with van der Waals surface area (Å²) in [4.78, 5) is 15.7. The second kappa shape index (κ2) is 7.49. The molecule has 2 aromatic rings. The van der Waals surface area contributed by atoms with Gasteiger partial charge in [0.15, 0.2) is 0 Å². The maximum atomic E-state index is 11.6. The van der Waals surface area contributed by atoms with E-state index < -0.39 is 0 Å². The van der Waals surface area contributed by atoms with Gasteiger partial charge in [0.25, 0.3) is 0 Å². The van der Waals surface area contributed by atoms with Crippen molar-refractivity contribution in [3.8, 4) is 0 Å². The zero-order valence-electron chi connectivity index (χ0n) is 11.0. The molecule has 0 saturated carbocycles. The zero-order valence-corrected chi connectivity index (χ0v) is 11.8. The average Bonchev–Trinajstić information content (AvgIpc) is 2.87. The van der Waals surface area contributed by atoms with Gasteiger partial charge in [-0.1, -0.05) is 36.4 Å². The lowest BCUT2D eigenvalue weighted by Gasteiger charge is -2.01. The van der Waals surface area contributed by atoms with Gasteiger partial charge in [-0.3, -0.25) is 10.1 Å². The molecule has 2 rings (SSSR count). The van der Waals surface area contributed by atoms with Gasteiger partial charge in [-0.15, -0.1) is 23.4 Å². The molecule has 20 heavy (non-hydrogen) atoms. The van der Waals surface area contributed by atoms with E-state index in [9.17, 15) is 4.79 Å². The zero-order chi connectivity index (χ0) is 14.2. The summed E-state index contributed by atoms with van der Waals surface area (Å²) in [5.74, 6) is 1.36. The first-order valence-corrected chi connectivity index (χ1v) is 7.35. The molecule has 1 N–H and O–H groups in total. The Bertz CT molecular complexity index is 568. The fourth-order valence-electron chi connectivity index (χ4n) is 1.59. The molecule has 0 bridgehead atoms. The van der Waals surface area contributed by atoms with Crippen molar-refractivity contribution in [2.45, 2.75) is 6.54 Å². The third-order valence-corrected chi connectivity index (χ3v) is 3.38. The normalized spacial score (nSPS) is 10.2. The molecule has 1 amide bonds. The molecule has 1 aromatic carbocycles. The summed E-state index contributed by atoms with van der Waals surface area (Å²) >= 11 is 1.50. The van der Waals surface area contributed by atoms with E-state index in [0.717, 1.165) is 11.3 Å². The smallest absolute Gasteiger partial charge is 0.248 e. The van der Waals surface area contributed by atoms with E-state index in [1.54, 1.807) is 17.1 Å². The van der Waals surface area contributed by atoms with Crippen LogP contribution in [0.25, 0.3) is 0 Å². The SMILES string of the molecule is C=CCSCC(=O)Nc1ncn(Cc2ccccc2)n1. The Morgan fingerprint density at radius 1 is 1.40 bits per heavy atom. The fraction of sp³-hybridized carbons (Fsp3) is 0.214. The molecule has 5 nitrogen and oxygen atoms in total. The van der Waals surface area contributed by atoms with Crippen molar-refractivity contribution >= 4 is 23.6 Å². The van der Waals surface area contributed by atoms with Crippen molar-refractivity contribution in [2.24, 2.45) is 0 Å². The van der Waals surface area contributed by atoms with Crippen LogP contribution in [0.15, 0.2) is 49.3 Å². The van der Waals surface area contributed by atoms with Crippen LogP contribution in [0, 0.1) is 0 Å². The van der Waals surface area contributed by atoms with Crippen molar-refractivity contribution in [2.75, 3.05) is 16.8 Å². The lowest BCUT2D eigenvalue weighted by atomic mass is 10.2. The van der Waals surface area contributed by atoms with E-state index in [0.29, 0.717) is 18.2 Å². The molecule has 0 aliphatic heterocycles. The highest BCUT2D eigenvalue weighted by atomic mass is 32.2. The molecule has 0 atom stereocenters. The molecular formula is C14H16N4OS. The Labute approximate surface area is 122 Å². The van der Waals surface area contributed by atoms with Gasteiger partial charge in [0.2, 0.25) is 11.9 Å². The number of nitrogens with zero attached hydrogens (tertiary/aromatic N) is 3. The van der Waals surface area contributed by atoms with Crippen LogP contribution >= 0.6 is 11.8 Å². The Hall–Kier alpha value is -2.08. The second-order valence-corrected chi connectivity index (χ2v) is 5.13. The highest BCUT2D eigenvalue weighted by Gasteiger charge is 2.06. The van der Waals surface area contributed by atoms with Gasteiger partial charge in [-0.05, 0) is 5.56 Å². The summed E-state index contributed by atoms with van der Waals surface area (Å²) in [7, 11) is 0. The first kappa shape index (κ1) is 14.3. The van der Waals surface area contributed by atoms with Crippen LogP contribution in [0.3, 0.4) is 0 Å². The van der Waals surface area contributed by atoms with Crippen LogP contribution < -0.4 is 5.32 Å². The number of carbonyl (C=O) groups excluding carboxylic acids is 1. The van der Waals surface area contributed by atoms with Crippen LogP contribution in [-0.2, 0) is 11.3 Å². The van der Waals surface area contributed by atoms with Gasteiger partial charge in [-0.2, -0.15) is 0 Å². The highest BCUT2D eigenvalue weighted by molar-refractivity contribution is 8.00. The quantitative estimate of drug-likeness (QED) is 0.626. The first-order valence-electron chi connectivity index (χ1n) is 6.20. The number of carbonyl (C=O) groups is 1. The molecule has 6 heteroatoms. The van der Waals surface area contributed by atoms with E-state index in [4.69, 9.17) is 0 Å². The molecule has 0 radical (unpaired) electrons. The lowest BCUT2D eigenvalue weighted by Crippen LogP contribution is -2.15. The highest BCUT2D eigenvalue weighted by Crippen LogP contribution is 2.05. The molecule has 0 unspecified atom stereocenters. The summed E-state index contributed by atoms with van der Waals surface area (Å²) in [5.41, 5.74) is 1.14. The molecule has 0 fully saturated rings. The van der Waals surface area contributed by atoms with Crippen molar-refractivity contribution in [3.63, 3.8) is 0 Å². The Kier molecular flexibility index (Phi) is 5.37. The van der Waals surface area contributed by atoms with Crippen LogP contribution in [-0.4, -0.2) is 32.2 Å². The number of aromatic nitrogens is 3. The van der Waals surface area contributed by atoms with Crippen LogP contribution in [0.5, 0.6) is 0 Å². The molecule has 0 aliphatic rings. The number of hydrogen-bond acceptors (Lipinski definition) is 4. The first-order chi connectivity index (χ1) is 9.78. The molecule has 1 heterocycles. The minimum atomic E-state index is -0.102. The van der Waals surface area contributed by atoms with Gasteiger partial charge in [-0.25, -0.2) is 9.67 Å². The Morgan fingerprint density at radius 2 is 2.20 bits per heavy atom. The number of amides is 1. The van der Waals surface area contributed by atoms with E-state index in [1.807, 2.05) is 30.3 Å². The number of anilines is 1. The average molecular weight is 288 g/mol. The fourth-order valence-corrected chi connectivity index (χ4v) is 2.14. The maximum Gasteiger partial charge on any atom is 0.248 e. The van der Waals surface area contributed by atoms with Gasteiger partial charge >= 0.3 is 0 Å². The van der Waals surface area contributed by atoms with Crippen molar-refractivity contribution in [1.82, 2.24) is 14.8 Å². The minimum Gasteiger partial charge on any atom is -0.293 e. The number of hydrogen-bond donors (Lipinski definition) is 1. The third kappa shape index (κ3) is 4.55. The van der Waals surface area contributed by atoms with Gasteiger partial charge in [0.1, 0.15) is 6.33 Å². The van der Waals surface area contributed by atoms with Crippen LogP contribution in [0.4, 0.5) is 5.95 Å². The molecular weight excluding hydrogens is 272 g/mol. The monoisotopic (exact) mass is 288 g/mol. The molecule has 0 saturated heterocycles. The summed E-state index contributed by atoms with van der Waals surface area (Å²) in [6.07, 6.45) is 3.38. The summed E-state index contributed by atoms with van der Waals surface area (Å²) < 4.78 is 1.70. The van der Waals surface area contributed by atoms with Crippen LogP contribution in [0.2, 0.25) is 0 Å². The van der Waals surface area contributed by atoms with E-state index in [-0.39, 0.29) is 5.91 Å². The van der Waals surface area contributed by atoms with Crippen molar-refractivity contribution < 1.29 is 4.79 Å². The number of benzene rings is 1.